The Morgan fingerprint density at radius 3 is 1.75 bits per heavy atom. The average molecular weight is 767 g/mol. The van der Waals surface area contributed by atoms with Crippen LogP contribution in [-0.2, 0) is 0 Å². The van der Waals surface area contributed by atoms with Crippen LogP contribution in [0.5, 0.6) is 0 Å². The summed E-state index contributed by atoms with van der Waals surface area (Å²) in [4.78, 5) is 15.9. The third-order valence-electron chi connectivity index (χ3n) is 11.6. The van der Waals surface area contributed by atoms with Gasteiger partial charge < -0.3 is 8.98 Å². The van der Waals surface area contributed by atoms with E-state index in [4.69, 9.17) is 19.4 Å². The van der Waals surface area contributed by atoms with E-state index in [0.717, 1.165) is 93.8 Å². The first-order chi connectivity index (χ1) is 29.7. The van der Waals surface area contributed by atoms with Gasteiger partial charge in [-0.05, 0) is 106 Å². The maximum atomic E-state index is 6.20. The monoisotopic (exact) mass is 766 g/mol. The predicted molar refractivity (Wildman–Crippen MR) is 246 cm³/mol. The Kier molecular flexibility index (Phi) is 7.78. The van der Waals surface area contributed by atoms with Crippen LogP contribution in [0.1, 0.15) is 0 Å². The summed E-state index contributed by atoms with van der Waals surface area (Å²) >= 11 is 0. The van der Waals surface area contributed by atoms with E-state index in [1.807, 2.05) is 18.2 Å². The SMILES string of the molecule is c1ccc(-c2cccc(-c3nc(-c4ccc5c(c4)c4ccccc4n5-c4ccccc4)nc(-c4cc(-c5ccc6oc7ccccc7c6c5)cc5ccccc45)n3)c2)cc1. The zero-order valence-electron chi connectivity index (χ0n) is 32.3. The van der Waals surface area contributed by atoms with Crippen molar-refractivity contribution in [1.29, 1.82) is 0 Å². The van der Waals surface area contributed by atoms with Crippen LogP contribution in [0.15, 0.2) is 211 Å². The highest BCUT2D eigenvalue weighted by molar-refractivity contribution is 6.11. The normalized spacial score (nSPS) is 11.7. The summed E-state index contributed by atoms with van der Waals surface area (Å²) in [6.45, 7) is 0. The molecule has 5 nitrogen and oxygen atoms in total. The zero-order chi connectivity index (χ0) is 39.6. The number of benzene rings is 9. The topological polar surface area (TPSA) is 56.7 Å². The summed E-state index contributed by atoms with van der Waals surface area (Å²) in [6, 6.07) is 72.2. The molecule has 3 aromatic heterocycles. The third kappa shape index (κ3) is 5.67. The molecule has 0 saturated heterocycles. The Hall–Kier alpha value is -8.15. The van der Waals surface area contributed by atoms with Gasteiger partial charge in [0.05, 0.1) is 11.0 Å². The molecule has 0 saturated carbocycles. The van der Waals surface area contributed by atoms with Crippen LogP contribution in [-0.4, -0.2) is 19.5 Å². The molecule has 0 unspecified atom stereocenters. The molecule has 0 aliphatic heterocycles. The van der Waals surface area contributed by atoms with Gasteiger partial charge in [-0.3, -0.25) is 0 Å². The van der Waals surface area contributed by atoms with Crippen molar-refractivity contribution in [3.8, 4) is 62.1 Å². The number of furan rings is 1. The van der Waals surface area contributed by atoms with Crippen LogP contribution in [0, 0.1) is 0 Å². The van der Waals surface area contributed by atoms with Crippen LogP contribution >= 0.6 is 0 Å². The molecule has 12 aromatic rings. The highest BCUT2D eigenvalue weighted by atomic mass is 16.3. The summed E-state index contributed by atoms with van der Waals surface area (Å²) < 4.78 is 8.53. The van der Waals surface area contributed by atoms with Crippen molar-refractivity contribution in [2.45, 2.75) is 0 Å². The molecule has 0 fully saturated rings. The Bertz CT molecular complexity index is 3610. The maximum Gasteiger partial charge on any atom is 0.164 e. The first-order valence-electron chi connectivity index (χ1n) is 20.2. The minimum Gasteiger partial charge on any atom is -0.456 e. The molecule has 5 heteroatoms. The molecule has 12 rings (SSSR count). The van der Waals surface area contributed by atoms with E-state index in [1.54, 1.807) is 0 Å². The molecule has 60 heavy (non-hydrogen) atoms. The van der Waals surface area contributed by atoms with Gasteiger partial charge in [0.2, 0.25) is 0 Å². The number of aromatic nitrogens is 4. The van der Waals surface area contributed by atoms with Crippen molar-refractivity contribution in [2.24, 2.45) is 0 Å². The van der Waals surface area contributed by atoms with Gasteiger partial charge in [-0.2, -0.15) is 0 Å². The van der Waals surface area contributed by atoms with Crippen molar-refractivity contribution < 1.29 is 4.42 Å². The van der Waals surface area contributed by atoms with Crippen LogP contribution in [0.2, 0.25) is 0 Å². The zero-order valence-corrected chi connectivity index (χ0v) is 32.3. The lowest BCUT2D eigenvalue weighted by atomic mass is 9.95. The van der Waals surface area contributed by atoms with E-state index in [9.17, 15) is 0 Å². The van der Waals surface area contributed by atoms with E-state index in [-0.39, 0.29) is 0 Å². The summed E-state index contributed by atoms with van der Waals surface area (Å²) in [5, 5.41) is 6.67. The molecule has 0 aliphatic rings. The van der Waals surface area contributed by atoms with Crippen molar-refractivity contribution in [3.63, 3.8) is 0 Å². The number of nitrogens with zero attached hydrogens (tertiary/aromatic N) is 4. The first kappa shape index (κ1) is 33.9. The van der Waals surface area contributed by atoms with Gasteiger partial charge in [0.25, 0.3) is 0 Å². The lowest BCUT2D eigenvalue weighted by molar-refractivity contribution is 0.669. The molecule has 0 spiro atoms. The second-order valence-corrected chi connectivity index (χ2v) is 15.2. The second kappa shape index (κ2) is 13.8. The molecule has 0 atom stereocenters. The number of rotatable bonds is 6. The van der Waals surface area contributed by atoms with Crippen molar-refractivity contribution in [2.75, 3.05) is 0 Å². The highest BCUT2D eigenvalue weighted by Gasteiger charge is 2.19. The summed E-state index contributed by atoms with van der Waals surface area (Å²) in [5.74, 6) is 1.83. The van der Waals surface area contributed by atoms with Crippen LogP contribution < -0.4 is 0 Å². The van der Waals surface area contributed by atoms with Crippen LogP contribution in [0.3, 0.4) is 0 Å². The van der Waals surface area contributed by atoms with Gasteiger partial charge in [-0.15, -0.1) is 0 Å². The van der Waals surface area contributed by atoms with Gasteiger partial charge in [0.15, 0.2) is 17.5 Å². The minimum absolute atomic E-state index is 0.610. The Balaban J connectivity index is 1.08. The van der Waals surface area contributed by atoms with Gasteiger partial charge >= 0.3 is 0 Å². The van der Waals surface area contributed by atoms with Crippen LogP contribution in [0.4, 0.5) is 0 Å². The molecule has 3 heterocycles. The Morgan fingerprint density at radius 1 is 0.317 bits per heavy atom. The molecular formula is C55H34N4O. The molecule has 0 amide bonds. The molecule has 0 aliphatic carbocycles. The van der Waals surface area contributed by atoms with Crippen molar-refractivity contribution in [1.82, 2.24) is 19.5 Å². The first-order valence-corrected chi connectivity index (χ1v) is 20.2. The standard InChI is InChI=1S/C55H34N4O/c1-3-14-35(15-4-1)36-17-13-18-39(30-36)53-56-54(40-26-28-50-46(33-40)44-22-9-11-24-49(44)59(50)42-19-5-2-6-20-42)58-55(57-53)48-34-41(31-38-16-7-8-21-43(38)48)37-27-29-52-47(32-37)45-23-10-12-25-51(45)60-52/h1-34H. The maximum absolute atomic E-state index is 6.20. The Labute approximate surface area is 345 Å². The van der Waals surface area contributed by atoms with E-state index in [0.29, 0.717) is 17.5 Å². The molecular weight excluding hydrogens is 733 g/mol. The number of hydrogen-bond donors (Lipinski definition) is 0. The smallest absolute Gasteiger partial charge is 0.164 e. The van der Waals surface area contributed by atoms with E-state index in [2.05, 4.69) is 193 Å². The lowest BCUT2D eigenvalue weighted by Gasteiger charge is -2.13. The quantitative estimate of drug-likeness (QED) is 0.169. The fourth-order valence-corrected chi connectivity index (χ4v) is 8.76. The van der Waals surface area contributed by atoms with Gasteiger partial charge in [-0.25, -0.2) is 15.0 Å². The highest BCUT2D eigenvalue weighted by Crippen LogP contribution is 2.39. The number of fused-ring (bicyclic) bond motifs is 7. The minimum atomic E-state index is 0.610. The average Bonchev–Trinajstić information content (AvgIpc) is 3.87. The fraction of sp³-hybridized carbons (Fsp3) is 0. The van der Waals surface area contributed by atoms with Crippen molar-refractivity contribution >= 4 is 54.5 Å². The van der Waals surface area contributed by atoms with E-state index >= 15 is 0 Å². The molecule has 0 N–H and O–H groups in total. The molecule has 9 aromatic carbocycles. The van der Waals surface area contributed by atoms with Crippen molar-refractivity contribution in [3.05, 3.63) is 206 Å². The molecule has 0 radical (unpaired) electrons. The van der Waals surface area contributed by atoms with Crippen LogP contribution in [0.25, 0.3) is 117 Å². The third-order valence-corrected chi connectivity index (χ3v) is 11.6. The van der Waals surface area contributed by atoms with E-state index in [1.165, 1.54) is 5.39 Å². The Morgan fingerprint density at radius 2 is 0.900 bits per heavy atom. The largest absolute Gasteiger partial charge is 0.456 e. The molecule has 280 valence electrons. The lowest BCUT2D eigenvalue weighted by Crippen LogP contribution is -2.01. The summed E-state index contributed by atoms with van der Waals surface area (Å²) in [6.07, 6.45) is 0. The summed E-state index contributed by atoms with van der Waals surface area (Å²) in [5.41, 5.74) is 12.3. The second-order valence-electron chi connectivity index (χ2n) is 15.2. The van der Waals surface area contributed by atoms with Gasteiger partial charge in [-0.1, -0.05) is 133 Å². The van der Waals surface area contributed by atoms with Gasteiger partial charge in [0, 0.05) is 43.9 Å². The van der Waals surface area contributed by atoms with E-state index < -0.39 is 0 Å². The summed E-state index contributed by atoms with van der Waals surface area (Å²) in [7, 11) is 0. The fourth-order valence-electron chi connectivity index (χ4n) is 8.76. The number of para-hydroxylation sites is 3. The number of hydrogen-bond acceptors (Lipinski definition) is 4. The van der Waals surface area contributed by atoms with Gasteiger partial charge in [0.1, 0.15) is 11.2 Å². The molecule has 0 bridgehead atoms. The predicted octanol–water partition coefficient (Wildman–Crippen LogP) is 14.4.